The number of hydrogen-bond acceptors (Lipinski definition) is 4. The highest BCUT2D eigenvalue weighted by molar-refractivity contribution is 9.10. The Morgan fingerprint density at radius 1 is 1.47 bits per heavy atom. The number of hydrogen-bond donors (Lipinski definition) is 2. The van der Waals surface area contributed by atoms with Gasteiger partial charge in [-0.05, 0) is 41.6 Å². The minimum atomic E-state index is 0.214. The largest absolute Gasteiger partial charge is 0.396 e. The second-order valence-electron chi connectivity index (χ2n) is 4.41. The second kappa shape index (κ2) is 5.69. The minimum Gasteiger partial charge on any atom is -0.396 e. The van der Waals surface area contributed by atoms with Crippen molar-refractivity contribution in [3.05, 3.63) is 16.9 Å². The van der Waals surface area contributed by atoms with Gasteiger partial charge in [-0.1, -0.05) is 0 Å². The summed E-state index contributed by atoms with van der Waals surface area (Å²) in [4.78, 5) is 6.37. The van der Waals surface area contributed by atoms with Crippen molar-refractivity contribution in [3.63, 3.8) is 0 Å². The monoisotopic (exact) mass is 299 g/mol. The molecule has 3 N–H and O–H groups in total. The molecule has 1 saturated carbocycles. The van der Waals surface area contributed by atoms with E-state index in [-0.39, 0.29) is 6.61 Å². The van der Waals surface area contributed by atoms with Crippen LogP contribution in [0.5, 0.6) is 0 Å². The van der Waals surface area contributed by atoms with Gasteiger partial charge in [-0.25, -0.2) is 0 Å². The summed E-state index contributed by atoms with van der Waals surface area (Å²) in [5, 5.41) is 8.99. The summed E-state index contributed by atoms with van der Waals surface area (Å²) in [7, 11) is 0. The number of anilines is 2. The molecule has 1 aromatic heterocycles. The molecule has 0 spiro atoms. The van der Waals surface area contributed by atoms with Gasteiger partial charge < -0.3 is 15.7 Å². The first-order chi connectivity index (χ1) is 8.24. The van der Waals surface area contributed by atoms with Crippen molar-refractivity contribution in [1.29, 1.82) is 0 Å². The molecule has 17 heavy (non-hydrogen) atoms. The Kier molecular flexibility index (Phi) is 4.23. The van der Waals surface area contributed by atoms with E-state index < -0.39 is 0 Å². The lowest BCUT2D eigenvalue weighted by Crippen LogP contribution is -2.41. The Hall–Kier alpha value is -0.810. The summed E-state index contributed by atoms with van der Waals surface area (Å²) in [6.07, 6.45) is 7.92. The normalized spacial score (nSPS) is 15.6. The van der Waals surface area contributed by atoms with E-state index >= 15 is 0 Å². The maximum atomic E-state index is 8.99. The van der Waals surface area contributed by atoms with Gasteiger partial charge >= 0.3 is 0 Å². The third-order valence-corrected chi connectivity index (χ3v) is 3.84. The highest BCUT2D eigenvalue weighted by Crippen LogP contribution is 2.37. The number of nitrogen functional groups attached to an aromatic ring is 1. The molecule has 94 valence electrons. The lowest BCUT2D eigenvalue weighted by molar-refractivity contribution is 0.283. The van der Waals surface area contributed by atoms with E-state index in [0.717, 1.165) is 23.1 Å². The number of aliphatic hydroxyl groups excluding tert-OH is 1. The van der Waals surface area contributed by atoms with Gasteiger partial charge in [-0.15, -0.1) is 0 Å². The van der Waals surface area contributed by atoms with Gasteiger partial charge in [-0.2, -0.15) is 0 Å². The highest BCUT2D eigenvalue weighted by Gasteiger charge is 2.27. The van der Waals surface area contributed by atoms with Crippen molar-refractivity contribution in [1.82, 2.24) is 4.98 Å². The second-order valence-corrected chi connectivity index (χ2v) is 5.27. The van der Waals surface area contributed by atoms with Crippen LogP contribution in [0.3, 0.4) is 0 Å². The van der Waals surface area contributed by atoms with Crippen LogP contribution in [0.4, 0.5) is 11.4 Å². The van der Waals surface area contributed by atoms with Crippen molar-refractivity contribution in [2.24, 2.45) is 0 Å². The number of nitrogens with zero attached hydrogens (tertiary/aromatic N) is 2. The number of aromatic nitrogens is 1. The van der Waals surface area contributed by atoms with Gasteiger partial charge in [0.1, 0.15) is 0 Å². The molecule has 0 amide bonds. The zero-order chi connectivity index (χ0) is 12.3. The van der Waals surface area contributed by atoms with Crippen molar-refractivity contribution in [2.75, 3.05) is 23.8 Å². The van der Waals surface area contributed by atoms with Crippen LogP contribution in [0.2, 0.25) is 0 Å². The van der Waals surface area contributed by atoms with Crippen molar-refractivity contribution in [3.8, 4) is 0 Å². The summed E-state index contributed by atoms with van der Waals surface area (Å²) < 4.78 is 0.933. The average Bonchev–Trinajstić information content (AvgIpc) is 2.22. The Labute approximate surface area is 110 Å². The number of halogens is 1. The Bertz CT molecular complexity index is 362. The van der Waals surface area contributed by atoms with Crippen LogP contribution in [-0.4, -0.2) is 29.3 Å². The molecule has 0 bridgehead atoms. The SMILES string of the molecule is Nc1cncc(Br)c1N(CCCO)C1CCC1. The molecular formula is C12H18BrN3O. The molecule has 5 heteroatoms. The topological polar surface area (TPSA) is 62.4 Å². The molecule has 1 aliphatic rings. The Morgan fingerprint density at radius 2 is 2.24 bits per heavy atom. The molecule has 4 nitrogen and oxygen atoms in total. The first-order valence-electron chi connectivity index (χ1n) is 6.00. The number of aliphatic hydroxyl groups is 1. The maximum absolute atomic E-state index is 8.99. The summed E-state index contributed by atoms with van der Waals surface area (Å²) in [6.45, 7) is 1.06. The van der Waals surface area contributed by atoms with Crippen molar-refractivity contribution in [2.45, 2.75) is 31.7 Å². The average molecular weight is 300 g/mol. The molecule has 1 aliphatic carbocycles. The molecular weight excluding hydrogens is 282 g/mol. The Morgan fingerprint density at radius 3 is 2.76 bits per heavy atom. The third kappa shape index (κ3) is 2.72. The molecule has 0 radical (unpaired) electrons. The van der Waals surface area contributed by atoms with Crippen LogP contribution in [-0.2, 0) is 0 Å². The first kappa shape index (κ1) is 12.6. The standard InChI is InChI=1S/C12H18BrN3O/c13-10-7-15-8-11(14)12(10)16(5-2-6-17)9-3-1-4-9/h7-9,17H,1-6,14H2. The lowest BCUT2D eigenvalue weighted by Gasteiger charge is -2.40. The number of pyridine rings is 1. The van der Waals surface area contributed by atoms with Gasteiger partial charge in [0.2, 0.25) is 0 Å². The number of nitrogens with two attached hydrogens (primary N) is 1. The van der Waals surface area contributed by atoms with Crippen LogP contribution in [0.1, 0.15) is 25.7 Å². The molecule has 1 aromatic rings. The molecule has 0 aromatic carbocycles. The van der Waals surface area contributed by atoms with E-state index in [2.05, 4.69) is 25.8 Å². The number of rotatable bonds is 5. The van der Waals surface area contributed by atoms with Gasteiger partial charge in [-0.3, -0.25) is 4.98 Å². The maximum Gasteiger partial charge on any atom is 0.0778 e. The summed E-state index contributed by atoms with van der Waals surface area (Å²) >= 11 is 3.51. The van der Waals surface area contributed by atoms with Gasteiger partial charge in [0, 0.05) is 25.4 Å². The van der Waals surface area contributed by atoms with Crippen LogP contribution in [0.25, 0.3) is 0 Å². The van der Waals surface area contributed by atoms with E-state index in [1.54, 1.807) is 12.4 Å². The van der Waals surface area contributed by atoms with E-state index in [4.69, 9.17) is 10.8 Å². The summed E-state index contributed by atoms with van der Waals surface area (Å²) in [5.41, 5.74) is 7.74. The van der Waals surface area contributed by atoms with Crippen molar-refractivity contribution >= 4 is 27.3 Å². The fourth-order valence-corrected chi connectivity index (χ4v) is 2.74. The van der Waals surface area contributed by atoms with Crippen LogP contribution < -0.4 is 10.6 Å². The van der Waals surface area contributed by atoms with E-state index in [9.17, 15) is 0 Å². The van der Waals surface area contributed by atoms with Crippen LogP contribution in [0.15, 0.2) is 16.9 Å². The molecule has 1 fully saturated rings. The predicted molar refractivity (Wildman–Crippen MR) is 73.0 cm³/mol. The van der Waals surface area contributed by atoms with Crippen LogP contribution >= 0.6 is 15.9 Å². The third-order valence-electron chi connectivity index (χ3n) is 3.26. The molecule has 0 saturated heterocycles. The fraction of sp³-hybridized carbons (Fsp3) is 0.583. The molecule has 2 rings (SSSR count). The lowest BCUT2D eigenvalue weighted by atomic mass is 9.91. The van der Waals surface area contributed by atoms with E-state index in [1.165, 1.54) is 19.3 Å². The van der Waals surface area contributed by atoms with E-state index in [0.29, 0.717) is 11.7 Å². The van der Waals surface area contributed by atoms with E-state index in [1.807, 2.05) is 0 Å². The zero-order valence-corrected chi connectivity index (χ0v) is 11.4. The van der Waals surface area contributed by atoms with Crippen molar-refractivity contribution < 1.29 is 5.11 Å². The molecule has 0 unspecified atom stereocenters. The Balaban J connectivity index is 2.24. The van der Waals surface area contributed by atoms with Gasteiger partial charge in [0.25, 0.3) is 0 Å². The van der Waals surface area contributed by atoms with Crippen LogP contribution in [0, 0.1) is 0 Å². The predicted octanol–water partition coefficient (Wildman–Crippen LogP) is 2.17. The minimum absolute atomic E-state index is 0.214. The molecule has 0 aliphatic heterocycles. The first-order valence-corrected chi connectivity index (χ1v) is 6.80. The van der Waals surface area contributed by atoms with Gasteiger partial charge in [0.15, 0.2) is 0 Å². The smallest absolute Gasteiger partial charge is 0.0778 e. The summed E-state index contributed by atoms with van der Waals surface area (Å²) in [6, 6.07) is 0.558. The quantitative estimate of drug-likeness (QED) is 0.875. The fourth-order valence-electron chi connectivity index (χ4n) is 2.16. The molecule has 0 atom stereocenters. The highest BCUT2D eigenvalue weighted by atomic mass is 79.9. The van der Waals surface area contributed by atoms with Gasteiger partial charge in [0.05, 0.1) is 22.0 Å². The zero-order valence-electron chi connectivity index (χ0n) is 9.77. The molecule has 1 heterocycles. The summed E-state index contributed by atoms with van der Waals surface area (Å²) in [5.74, 6) is 0.